The Bertz CT molecular complexity index is 442. The molecule has 0 saturated carbocycles. The lowest BCUT2D eigenvalue weighted by Gasteiger charge is -2.31. The normalized spacial score (nSPS) is 44.6. The molecule has 19 heavy (non-hydrogen) atoms. The summed E-state index contributed by atoms with van der Waals surface area (Å²) >= 11 is 0. The fraction of sp³-hybridized carbons (Fsp3) is 0.700. The summed E-state index contributed by atoms with van der Waals surface area (Å²) in [5, 5.41) is 31.1. The van der Waals surface area contributed by atoms with E-state index in [9.17, 15) is 15.0 Å². The molecule has 0 radical (unpaired) electrons. The van der Waals surface area contributed by atoms with E-state index in [0.29, 0.717) is 0 Å². The molecule has 4 unspecified atom stereocenters. The molecule has 9 nitrogen and oxygen atoms in total. The molecule has 0 bridgehead atoms. The van der Waals surface area contributed by atoms with Crippen LogP contribution in [-0.2, 0) is 9.53 Å². The lowest BCUT2D eigenvalue weighted by atomic mass is 10.1. The Hall–Kier alpha value is -1.55. The van der Waals surface area contributed by atoms with Crippen molar-refractivity contribution in [2.24, 2.45) is 9.98 Å². The van der Waals surface area contributed by atoms with E-state index in [0.717, 1.165) is 0 Å². The lowest BCUT2D eigenvalue weighted by molar-refractivity contribution is -0.124. The van der Waals surface area contributed by atoms with Crippen molar-refractivity contribution in [1.29, 1.82) is 0 Å². The van der Waals surface area contributed by atoms with E-state index in [4.69, 9.17) is 9.84 Å². The standard InChI is InChI=1S/C10H14N4O5/c15-1-4-6(16)7(17)10(19-4)14-3-13-5-8(14)11-2-12-9(5)18/h2-8,10,15-17H,1H2,(H,11,12,18)/t4-,5?,6?,7?,8?,10-/m1/s1. The Labute approximate surface area is 108 Å². The molecule has 3 aliphatic rings. The van der Waals surface area contributed by atoms with E-state index >= 15 is 0 Å². The fourth-order valence-electron chi connectivity index (χ4n) is 2.42. The number of fused-ring (bicyclic) bond motifs is 1. The summed E-state index contributed by atoms with van der Waals surface area (Å²) in [5.41, 5.74) is 0. The average Bonchev–Trinajstić information content (AvgIpc) is 2.94. The first-order valence-corrected chi connectivity index (χ1v) is 5.88. The molecule has 3 aliphatic heterocycles. The number of carbonyl (C=O) groups is 1. The lowest BCUT2D eigenvalue weighted by Crippen LogP contribution is -2.53. The number of rotatable bonds is 2. The van der Waals surface area contributed by atoms with Gasteiger partial charge in [0.25, 0.3) is 5.91 Å². The summed E-state index contributed by atoms with van der Waals surface area (Å²) in [4.78, 5) is 21.1. The zero-order valence-electron chi connectivity index (χ0n) is 9.83. The van der Waals surface area contributed by atoms with Gasteiger partial charge in [0.15, 0.2) is 18.4 Å². The summed E-state index contributed by atoms with van der Waals surface area (Å²) in [7, 11) is 0. The molecule has 104 valence electrons. The van der Waals surface area contributed by atoms with Crippen molar-refractivity contribution < 1.29 is 24.9 Å². The minimum atomic E-state index is -1.21. The molecule has 0 aliphatic carbocycles. The second kappa shape index (κ2) is 4.53. The van der Waals surface area contributed by atoms with Crippen molar-refractivity contribution in [2.45, 2.75) is 36.7 Å². The van der Waals surface area contributed by atoms with Gasteiger partial charge in [0, 0.05) is 0 Å². The third kappa shape index (κ3) is 1.82. The van der Waals surface area contributed by atoms with Crippen LogP contribution >= 0.6 is 0 Å². The molecule has 4 N–H and O–H groups in total. The SMILES string of the molecule is O=C1NC=NC2C1N=CN2[C@@H]1O[C@H](CO)C(O)C1O. The maximum Gasteiger partial charge on any atom is 0.254 e. The Morgan fingerprint density at radius 2 is 2.16 bits per heavy atom. The predicted octanol–water partition coefficient (Wildman–Crippen LogP) is -3.38. The van der Waals surface area contributed by atoms with Crippen LogP contribution in [0.5, 0.6) is 0 Å². The average molecular weight is 270 g/mol. The number of hydrogen-bond donors (Lipinski definition) is 4. The van der Waals surface area contributed by atoms with Crippen molar-refractivity contribution >= 4 is 18.6 Å². The van der Waals surface area contributed by atoms with Gasteiger partial charge in [0.05, 0.1) is 19.3 Å². The van der Waals surface area contributed by atoms with Gasteiger partial charge in [-0.3, -0.25) is 9.79 Å². The van der Waals surface area contributed by atoms with Gasteiger partial charge in [0.2, 0.25) is 0 Å². The number of aliphatic imine (C=N–C) groups is 2. The maximum absolute atomic E-state index is 11.6. The first-order chi connectivity index (χ1) is 9.13. The van der Waals surface area contributed by atoms with Crippen molar-refractivity contribution in [3.63, 3.8) is 0 Å². The molecule has 0 spiro atoms. The summed E-state index contributed by atoms with van der Waals surface area (Å²) in [6, 6.07) is -0.689. The highest BCUT2D eigenvalue weighted by molar-refractivity contribution is 5.96. The van der Waals surface area contributed by atoms with Crippen LogP contribution in [0, 0.1) is 0 Å². The minimum Gasteiger partial charge on any atom is -0.394 e. The third-order valence-corrected chi connectivity index (χ3v) is 3.46. The molecule has 6 atom stereocenters. The zero-order valence-corrected chi connectivity index (χ0v) is 9.83. The van der Waals surface area contributed by atoms with E-state index in [-0.39, 0.29) is 5.91 Å². The number of aliphatic hydroxyl groups excluding tert-OH is 3. The summed E-state index contributed by atoms with van der Waals surface area (Å²) in [5.74, 6) is -0.287. The largest absolute Gasteiger partial charge is 0.394 e. The molecular formula is C10H14N4O5. The van der Waals surface area contributed by atoms with Crippen LogP contribution in [0.15, 0.2) is 9.98 Å². The number of aliphatic hydroxyl groups is 3. The van der Waals surface area contributed by atoms with Crippen molar-refractivity contribution in [2.75, 3.05) is 6.61 Å². The molecule has 0 aromatic carbocycles. The molecule has 3 heterocycles. The molecule has 3 rings (SSSR count). The molecule has 9 heteroatoms. The Morgan fingerprint density at radius 3 is 2.84 bits per heavy atom. The van der Waals surface area contributed by atoms with Gasteiger partial charge >= 0.3 is 0 Å². The van der Waals surface area contributed by atoms with E-state index in [2.05, 4.69) is 15.3 Å². The summed E-state index contributed by atoms with van der Waals surface area (Å²) in [6.45, 7) is -0.405. The second-order valence-electron chi connectivity index (χ2n) is 4.59. The molecule has 1 saturated heterocycles. The van der Waals surface area contributed by atoms with Gasteiger partial charge in [-0.25, -0.2) is 4.99 Å². The van der Waals surface area contributed by atoms with Crippen molar-refractivity contribution in [3.05, 3.63) is 0 Å². The van der Waals surface area contributed by atoms with E-state index < -0.39 is 43.4 Å². The second-order valence-corrected chi connectivity index (χ2v) is 4.59. The van der Waals surface area contributed by atoms with E-state index in [1.165, 1.54) is 17.6 Å². The highest BCUT2D eigenvalue weighted by Gasteiger charge is 2.50. The van der Waals surface area contributed by atoms with E-state index in [1.54, 1.807) is 0 Å². The van der Waals surface area contributed by atoms with Crippen molar-refractivity contribution in [1.82, 2.24) is 10.2 Å². The van der Waals surface area contributed by atoms with Crippen LogP contribution in [0.2, 0.25) is 0 Å². The number of amides is 1. The predicted molar refractivity (Wildman–Crippen MR) is 62.3 cm³/mol. The van der Waals surface area contributed by atoms with Crippen LogP contribution in [0.4, 0.5) is 0 Å². The molecule has 1 fully saturated rings. The van der Waals surface area contributed by atoms with Crippen LogP contribution in [0.1, 0.15) is 0 Å². The maximum atomic E-state index is 11.6. The molecular weight excluding hydrogens is 256 g/mol. The monoisotopic (exact) mass is 270 g/mol. The minimum absolute atomic E-state index is 0.287. The topological polar surface area (TPSA) is 127 Å². The molecule has 1 amide bonds. The number of ether oxygens (including phenoxy) is 1. The molecule has 0 aromatic rings. The third-order valence-electron chi connectivity index (χ3n) is 3.46. The van der Waals surface area contributed by atoms with Gasteiger partial charge in [-0.2, -0.15) is 0 Å². The first kappa shape index (κ1) is 12.5. The van der Waals surface area contributed by atoms with Crippen LogP contribution in [-0.4, -0.2) is 82.2 Å². The summed E-state index contributed by atoms with van der Waals surface area (Å²) in [6.07, 6.45) is -2.11. The summed E-state index contributed by atoms with van der Waals surface area (Å²) < 4.78 is 5.38. The zero-order chi connectivity index (χ0) is 13.6. The van der Waals surface area contributed by atoms with Crippen LogP contribution < -0.4 is 5.32 Å². The highest BCUT2D eigenvalue weighted by Crippen LogP contribution is 2.29. The number of carbonyl (C=O) groups excluding carboxylic acids is 1. The fourth-order valence-corrected chi connectivity index (χ4v) is 2.42. The van der Waals surface area contributed by atoms with Gasteiger partial charge in [0.1, 0.15) is 18.3 Å². The van der Waals surface area contributed by atoms with Crippen molar-refractivity contribution in [3.8, 4) is 0 Å². The van der Waals surface area contributed by atoms with Gasteiger partial charge in [-0.15, -0.1) is 0 Å². The smallest absolute Gasteiger partial charge is 0.254 e. The van der Waals surface area contributed by atoms with Gasteiger partial charge in [-0.05, 0) is 0 Å². The number of nitrogens with one attached hydrogen (secondary N) is 1. The number of hydrogen-bond acceptors (Lipinski definition) is 8. The first-order valence-electron chi connectivity index (χ1n) is 5.88. The van der Waals surface area contributed by atoms with E-state index in [1.807, 2.05) is 0 Å². The van der Waals surface area contributed by atoms with Crippen LogP contribution in [0.25, 0.3) is 0 Å². The number of nitrogens with zero attached hydrogens (tertiary/aromatic N) is 3. The Morgan fingerprint density at radius 1 is 1.37 bits per heavy atom. The van der Waals surface area contributed by atoms with Crippen LogP contribution in [0.3, 0.4) is 0 Å². The Kier molecular flexibility index (Phi) is 2.97. The van der Waals surface area contributed by atoms with Gasteiger partial charge < -0.3 is 30.3 Å². The quantitative estimate of drug-likeness (QED) is 0.414. The Balaban J connectivity index is 1.81. The molecule has 0 aromatic heterocycles. The van der Waals surface area contributed by atoms with Gasteiger partial charge in [-0.1, -0.05) is 0 Å². The highest BCUT2D eigenvalue weighted by atomic mass is 16.6.